The van der Waals surface area contributed by atoms with Gasteiger partial charge in [0.25, 0.3) is 0 Å². The predicted molar refractivity (Wildman–Crippen MR) is 112 cm³/mol. The van der Waals surface area contributed by atoms with Gasteiger partial charge in [-0.2, -0.15) is 0 Å². The predicted octanol–water partition coefficient (Wildman–Crippen LogP) is 4.34. The molecular weight excluding hydrogens is 395 g/mol. The van der Waals surface area contributed by atoms with Crippen LogP contribution in [-0.2, 0) is 15.0 Å². The fourth-order valence-electron chi connectivity index (χ4n) is 4.80. The minimum atomic E-state index is -0.931. The molecule has 2 aliphatic rings. The van der Waals surface area contributed by atoms with E-state index in [1.54, 1.807) is 18.2 Å². The molecule has 4 nitrogen and oxygen atoms in total. The van der Waals surface area contributed by atoms with Crippen LogP contribution in [0, 0.1) is 11.8 Å². The van der Waals surface area contributed by atoms with Crippen LogP contribution >= 0.6 is 23.2 Å². The molecule has 2 fully saturated rings. The number of rotatable bonds is 4. The van der Waals surface area contributed by atoms with Crippen LogP contribution in [0.25, 0.3) is 0 Å². The van der Waals surface area contributed by atoms with E-state index in [1.165, 1.54) is 0 Å². The van der Waals surface area contributed by atoms with Crippen molar-refractivity contribution < 1.29 is 9.59 Å². The standard InChI is InChI=1S/C22H22Cl2N2O2/c23-15-3-1-2-14(8-15)18-10-21(28)26-11-19(13-4-5-13)22(18,12-27)17-7-6-16(24)9-20(17)25/h1-3,6-9,12-13,18-19H,4-5,10-11,25H2,(H,26,28)/t18-,19+,22+/m1/s1. The summed E-state index contributed by atoms with van der Waals surface area (Å²) >= 11 is 12.4. The molecule has 0 bridgehead atoms. The monoisotopic (exact) mass is 416 g/mol. The summed E-state index contributed by atoms with van der Waals surface area (Å²) in [6, 6.07) is 12.7. The van der Waals surface area contributed by atoms with Crippen LogP contribution in [0.1, 0.15) is 36.3 Å². The molecule has 6 heteroatoms. The van der Waals surface area contributed by atoms with Crippen LogP contribution in [0.5, 0.6) is 0 Å². The van der Waals surface area contributed by atoms with Gasteiger partial charge in [0.1, 0.15) is 6.29 Å². The fourth-order valence-corrected chi connectivity index (χ4v) is 5.18. The molecule has 28 heavy (non-hydrogen) atoms. The second-order valence-corrected chi connectivity index (χ2v) is 8.72. The maximum atomic E-state index is 12.9. The minimum absolute atomic E-state index is 0.0380. The fraction of sp³-hybridized carbons (Fsp3) is 0.364. The first-order valence-electron chi connectivity index (χ1n) is 9.49. The summed E-state index contributed by atoms with van der Waals surface area (Å²) in [7, 11) is 0. The van der Waals surface area contributed by atoms with Gasteiger partial charge in [-0.25, -0.2) is 0 Å². The Bertz CT molecular complexity index is 929. The van der Waals surface area contributed by atoms with Crippen LogP contribution in [0.2, 0.25) is 10.0 Å². The van der Waals surface area contributed by atoms with Crippen molar-refractivity contribution in [3.63, 3.8) is 0 Å². The molecular formula is C22H22Cl2N2O2. The summed E-state index contributed by atoms with van der Waals surface area (Å²) in [6.45, 7) is 0.460. The Morgan fingerprint density at radius 3 is 2.50 bits per heavy atom. The van der Waals surface area contributed by atoms with Crippen LogP contribution in [-0.4, -0.2) is 18.7 Å². The third-order valence-corrected chi connectivity index (χ3v) is 6.69. The SMILES string of the molecule is Nc1cc(Cl)ccc1[C@@]1(C=O)[C@@H](c2cccc(Cl)c2)CC(=O)NC[C@H]1C1CC1. The molecule has 0 unspecified atom stereocenters. The summed E-state index contributed by atoms with van der Waals surface area (Å²) in [5, 5.41) is 4.12. The summed E-state index contributed by atoms with van der Waals surface area (Å²) in [6.07, 6.45) is 3.31. The highest BCUT2D eigenvalue weighted by Gasteiger charge is 2.55. The number of carbonyl (C=O) groups is 2. The summed E-state index contributed by atoms with van der Waals surface area (Å²) in [5.41, 5.74) is 7.54. The Balaban J connectivity index is 1.98. The first-order chi connectivity index (χ1) is 13.5. The van der Waals surface area contributed by atoms with Gasteiger partial charge in [-0.1, -0.05) is 41.4 Å². The summed E-state index contributed by atoms with van der Waals surface area (Å²) in [4.78, 5) is 25.5. The molecule has 1 saturated carbocycles. The van der Waals surface area contributed by atoms with Crippen molar-refractivity contribution in [2.45, 2.75) is 30.6 Å². The maximum absolute atomic E-state index is 12.9. The number of amides is 1. The Labute approximate surface area is 174 Å². The van der Waals surface area contributed by atoms with Crippen molar-refractivity contribution in [3.05, 3.63) is 63.6 Å². The van der Waals surface area contributed by atoms with Crippen molar-refractivity contribution in [1.29, 1.82) is 0 Å². The number of nitrogens with one attached hydrogen (secondary N) is 1. The third kappa shape index (κ3) is 3.29. The van der Waals surface area contributed by atoms with Gasteiger partial charge in [0.15, 0.2) is 0 Å². The van der Waals surface area contributed by atoms with E-state index >= 15 is 0 Å². The van der Waals surface area contributed by atoms with Crippen molar-refractivity contribution in [1.82, 2.24) is 5.32 Å². The highest BCUT2D eigenvalue weighted by Crippen LogP contribution is 2.55. The lowest BCUT2D eigenvalue weighted by Crippen LogP contribution is -2.46. The van der Waals surface area contributed by atoms with Gasteiger partial charge in [-0.05, 0) is 60.1 Å². The number of aldehydes is 1. The van der Waals surface area contributed by atoms with Crippen LogP contribution < -0.4 is 11.1 Å². The summed E-state index contributed by atoms with van der Waals surface area (Å²) in [5.74, 6) is -0.0866. The molecule has 0 radical (unpaired) electrons. The Morgan fingerprint density at radius 2 is 1.86 bits per heavy atom. The van der Waals surface area contributed by atoms with Crippen LogP contribution in [0.3, 0.4) is 0 Å². The van der Waals surface area contributed by atoms with Gasteiger partial charge in [-0.3, -0.25) is 4.79 Å². The zero-order valence-electron chi connectivity index (χ0n) is 15.3. The zero-order valence-corrected chi connectivity index (χ0v) is 16.8. The molecule has 1 saturated heterocycles. The molecule has 2 aromatic rings. The Kier molecular flexibility index (Phi) is 5.11. The number of nitrogens with two attached hydrogens (primary N) is 1. The lowest BCUT2D eigenvalue weighted by molar-refractivity contribution is -0.121. The Hall–Kier alpha value is -2.04. The van der Waals surface area contributed by atoms with E-state index in [4.69, 9.17) is 28.9 Å². The molecule has 1 aliphatic carbocycles. The molecule has 2 aromatic carbocycles. The van der Waals surface area contributed by atoms with Crippen LogP contribution in [0.15, 0.2) is 42.5 Å². The van der Waals surface area contributed by atoms with E-state index < -0.39 is 5.41 Å². The number of carbonyl (C=O) groups excluding carboxylic acids is 2. The van der Waals surface area contributed by atoms with E-state index in [0.717, 1.165) is 30.3 Å². The van der Waals surface area contributed by atoms with E-state index in [-0.39, 0.29) is 24.2 Å². The number of nitrogen functional groups attached to an aromatic ring is 1. The number of hydrogen-bond acceptors (Lipinski definition) is 3. The van der Waals surface area contributed by atoms with E-state index in [0.29, 0.717) is 28.2 Å². The molecule has 3 N–H and O–H groups in total. The molecule has 1 aliphatic heterocycles. The molecule has 1 heterocycles. The second kappa shape index (κ2) is 7.41. The van der Waals surface area contributed by atoms with Crippen molar-refractivity contribution in [3.8, 4) is 0 Å². The Morgan fingerprint density at radius 1 is 1.11 bits per heavy atom. The van der Waals surface area contributed by atoms with Crippen molar-refractivity contribution >= 4 is 41.1 Å². The molecule has 146 valence electrons. The van der Waals surface area contributed by atoms with Gasteiger partial charge >= 0.3 is 0 Å². The minimum Gasteiger partial charge on any atom is -0.398 e. The highest BCUT2D eigenvalue weighted by molar-refractivity contribution is 6.31. The van der Waals surface area contributed by atoms with Gasteiger partial charge in [0.05, 0.1) is 5.41 Å². The number of anilines is 1. The maximum Gasteiger partial charge on any atom is 0.220 e. The first-order valence-corrected chi connectivity index (χ1v) is 10.2. The van der Waals surface area contributed by atoms with Gasteiger partial charge in [-0.15, -0.1) is 0 Å². The molecule has 1 amide bonds. The van der Waals surface area contributed by atoms with Gasteiger partial charge in [0, 0.05) is 34.6 Å². The number of benzene rings is 2. The lowest BCUT2D eigenvalue weighted by Gasteiger charge is -2.42. The van der Waals surface area contributed by atoms with E-state index in [1.807, 2.05) is 24.3 Å². The van der Waals surface area contributed by atoms with Crippen molar-refractivity contribution in [2.24, 2.45) is 11.8 Å². The van der Waals surface area contributed by atoms with E-state index in [9.17, 15) is 9.59 Å². The largest absolute Gasteiger partial charge is 0.398 e. The van der Waals surface area contributed by atoms with Gasteiger partial charge in [0.2, 0.25) is 5.91 Å². The van der Waals surface area contributed by atoms with Gasteiger partial charge < -0.3 is 15.8 Å². The highest BCUT2D eigenvalue weighted by atomic mass is 35.5. The third-order valence-electron chi connectivity index (χ3n) is 6.22. The average molecular weight is 417 g/mol. The lowest BCUT2D eigenvalue weighted by atomic mass is 9.59. The second-order valence-electron chi connectivity index (χ2n) is 7.84. The molecule has 3 atom stereocenters. The zero-order chi connectivity index (χ0) is 19.9. The first kappa shape index (κ1) is 19.3. The van der Waals surface area contributed by atoms with E-state index in [2.05, 4.69) is 5.32 Å². The normalized spacial score (nSPS) is 27.7. The summed E-state index contributed by atoms with van der Waals surface area (Å²) < 4.78 is 0. The smallest absolute Gasteiger partial charge is 0.220 e. The molecule has 0 spiro atoms. The van der Waals surface area contributed by atoms with Crippen LogP contribution in [0.4, 0.5) is 5.69 Å². The number of hydrogen-bond donors (Lipinski definition) is 2. The number of halogens is 2. The quantitative estimate of drug-likeness (QED) is 0.574. The molecule has 0 aromatic heterocycles. The molecule has 4 rings (SSSR count). The van der Waals surface area contributed by atoms with Crippen molar-refractivity contribution in [2.75, 3.05) is 12.3 Å². The average Bonchev–Trinajstić information content (AvgIpc) is 3.49. The topological polar surface area (TPSA) is 72.2 Å².